The summed E-state index contributed by atoms with van der Waals surface area (Å²) in [7, 11) is 3.45. The molecule has 1 rings (SSSR count). The van der Waals surface area contributed by atoms with Gasteiger partial charge in [-0.3, -0.25) is 4.79 Å². The number of carbonyl (C=O) groups excluding carboxylic acids is 1. The quantitative estimate of drug-likeness (QED) is 0.571. The lowest BCUT2D eigenvalue weighted by Crippen LogP contribution is -2.37. The fraction of sp³-hybridized carbons (Fsp3) is 0.643. The highest BCUT2D eigenvalue weighted by Gasteiger charge is 2.23. The van der Waals surface area contributed by atoms with Crippen molar-refractivity contribution in [1.82, 2.24) is 14.9 Å². The third-order valence-corrected chi connectivity index (χ3v) is 3.12. The van der Waals surface area contributed by atoms with E-state index >= 15 is 0 Å². The molecule has 1 aromatic heterocycles. The number of amides is 1. The molecule has 1 atom stereocenters. The minimum Gasteiger partial charge on any atom is -0.358 e. The molecule has 1 aromatic rings. The van der Waals surface area contributed by atoms with Gasteiger partial charge in [0.25, 0.3) is 0 Å². The van der Waals surface area contributed by atoms with Crippen molar-refractivity contribution in [2.75, 3.05) is 24.8 Å². The maximum Gasteiger partial charge on any atom is 0.244 e. The van der Waals surface area contributed by atoms with Crippen molar-refractivity contribution in [2.45, 2.75) is 46.1 Å². The van der Waals surface area contributed by atoms with E-state index in [2.05, 4.69) is 20.7 Å². The standard InChI is InChI=1S/C14H26N6O/c1-8-10(16-9(2)12(21)20(6)7)17-13(14(3,4)5)18-11(8)19-15/h9H,15H2,1-7H3,(H2,16,17,18,19). The van der Waals surface area contributed by atoms with Gasteiger partial charge in [0.05, 0.1) is 0 Å². The second-order valence-electron chi connectivity index (χ2n) is 6.36. The minimum atomic E-state index is -0.382. The SMILES string of the molecule is Cc1c(NN)nc(C(C)(C)C)nc1NC(C)C(=O)N(C)C. The minimum absolute atomic E-state index is 0.0208. The molecule has 1 amide bonds. The van der Waals surface area contributed by atoms with Gasteiger partial charge >= 0.3 is 0 Å². The number of nitrogens with zero attached hydrogens (tertiary/aromatic N) is 3. The number of carbonyl (C=O) groups is 1. The molecule has 0 aliphatic rings. The molecule has 4 N–H and O–H groups in total. The van der Waals surface area contributed by atoms with Gasteiger partial charge in [-0.2, -0.15) is 0 Å². The predicted octanol–water partition coefficient (Wildman–Crippen LogP) is 1.26. The Morgan fingerprint density at radius 2 is 1.76 bits per heavy atom. The molecule has 1 heterocycles. The molecular weight excluding hydrogens is 268 g/mol. The van der Waals surface area contributed by atoms with Gasteiger partial charge in [0.2, 0.25) is 5.91 Å². The molecule has 0 saturated heterocycles. The van der Waals surface area contributed by atoms with Crippen LogP contribution in [-0.4, -0.2) is 40.9 Å². The summed E-state index contributed by atoms with van der Waals surface area (Å²) in [5, 5.41) is 3.14. The third-order valence-electron chi connectivity index (χ3n) is 3.12. The number of rotatable bonds is 4. The first-order chi connectivity index (χ1) is 9.57. The summed E-state index contributed by atoms with van der Waals surface area (Å²) in [5.41, 5.74) is 3.15. The van der Waals surface area contributed by atoms with Crippen LogP contribution in [0.4, 0.5) is 11.6 Å². The van der Waals surface area contributed by atoms with Gasteiger partial charge in [0.1, 0.15) is 23.5 Å². The van der Waals surface area contributed by atoms with Crippen LogP contribution in [0.5, 0.6) is 0 Å². The molecule has 21 heavy (non-hydrogen) atoms. The van der Waals surface area contributed by atoms with Crippen molar-refractivity contribution in [1.29, 1.82) is 0 Å². The lowest BCUT2D eigenvalue weighted by Gasteiger charge is -2.23. The van der Waals surface area contributed by atoms with E-state index in [4.69, 9.17) is 5.84 Å². The van der Waals surface area contributed by atoms with E-state index in [0.29, 0.717) is 17.5 Å². The highest BCUT2D eigenvalue weighted by Crippen LogP contribution is 2.26. The average Bonchev–Trinajstić information content (AvgIpc) is 2.38. The van der Waals surface area contributed by atoms with Crippen LogP contribution in [0.2, 0.25) is 0 Å². The number of hydrogen-bond donors (Lipinski definition) is 3. The first-order valence-corrected chi connectivity index (χ1v) is 6.91. The lowest BCUT2D eigenvalue weighted by molar-refractivity contribution is -0.129. The number of nitrogen functional groups attached to an aromatic ring is 1. The Kier molecular flexibility index (Phi) is 5.11. The number of hydrogen-bond acceptors (Lipinski definition) is 6. The van der Waals surface area contributed by atoms with Gasteiger partial charge in [0.15, 0.2) is 0 Å². The van der Waals surface area contributed by atoms with Crippen LogP contribution in [0.1, 0.15) is 39.1 Å². The van der Waals surface area contributed by atoms with E-state index in [1.165, 1.54) is 0 Å². The topological polar surface area (TPSA) is 96.2 Å². The first kappa shape index (κ1) is 17.2. The number of anilines is 2. The second-order valence-corrected chi connectivity index (χ2v) is 6.36. The first-order valence-electron chi connectivity index (χ1n) is 6.91. The number of hydrazine groups is 1. The van der Waals surface area contributed by atoms with E-state index in [-0.39, 0.29) is 17.4 Å². The van der Waals surface area contributed by atoms with E-state index in [1.807, 2.05) is 27.7 Å². The summed E-state index contributed by atoms with van der Waals surface area (Å²) in [5.74, 6) is 7.34. The van der Waals surface area contributed by atoms with Gasteiger partial charge in [-0.15, -0.1) is 0 Å². The van der Waals surface area contributed by atoms with Crippen molar-refractivity contribution in [2.24, 2.45) is 5.84 Å². The molecule has 1 unspecified atom stereocenters. The molecule has 0 saturated carbocycles. The Hall–Kier alpha value is -1.89. The Morgan fingerprint density at radius 3 is 2.19 bits per heavy atom. The summed E-state index contributed by atoms with van der Waals surface area (Å²) in [6, 6.07) is -0.382. The molecule has 118 valence electrons. The average molecular weight is 294 g/mol. The van der Waals surface area contributed by atoms with E-state index in [9.17, 15) is 4.79 Å². The van der Waals surface area contributed by atoms with Crippen molar-refractivity contribution in [3.63, 3.8) is 0 Å². The van der Waals surface area contributed by atoms with Gasteiger partial charge in [-0.25, -0.2) is 15.8 Å². The number of nitrogens with one attached hydrogen (secondary N) is 2. The Labute approximate surface area is 126 Å². The normalized spacial score (nSPS) is 12.8. The van der Waals surface area contributed by atoms with Crippen molar-refractivity contribution in [3.8, 4) is 0 Å². The van der Waals surface area contributed by atoms with Crippen LogP contribution in [-0.2, 0) is 10.2 Å². The summed E-state index contributed by atoms with van der Waals surface area (Å²) >= 11 is 0. The maximum atomic E-state index is 12.0. The van der Waals surface area contributed by atoms with Gasteiger partial charge in [-0.05, 0) is 13.8 Å². The Bertz CT molecular complexity index is 521. The monoisotopic (exact) mass is 294 g/mol. The molecule has 0 bridgehead atoms. The largest absolute Gasteiger partial charge is 0.358 e. The number of nitrogens with two attached hydrogens (primary N) is 1. The molecular formula is C14H26N6O. The fourth-order valence-electron chi connectivity index (χ4n) is 1.79. The van der Waals surface area contributed by atoms with Gasteiger partial charge in [0, 0.05) is 25.1 Å². The van der Waals surface area contributed by atoms with Crippen molar-refractivity contribution < 1.29 is 4.79 Å². The van der Waals surface area contributed by atoms with Crippen molar-refractivity contribution >= 4 is 17.5 Å². The molecule has 0 fully saturated rings. The van der Waals surface area contributed by atoms with Crippen LogP contribution >= 0.6 is 0 Å². The van der Waals surface area contributed by atoms with Crippen LogP contribution in [0.3, 0.4) is 0 Å². The van der Waals surface area contributed by atoms with Crippen LogP contribution in [0, 0.1) is 6.92 Å². The van der Waals surface area contributed by atoms with Crippen LogP contribution < -0.4 is 16.6 Å². The molecule has 0 aliphatic heterocycles. The number of aromatic nitrogens is 2. The van der Waals surface area contributed by atoms with Crippen molar-refractivity contribution in [3.05, 3.63) is 11.4 Å². The van der Waals surface area contributed by atoms with Gasteiger partial charge < -0.3 is 15.6 Å². The summed E-state index contributed by atoms with van der Waals surface area (Å²) in [6.07, 6.45) is 0. The highest BCUT2D eigenvalue weighted by molar-refractivity contribution is 5.84. The van der Waals surface area contributed by atoms with E-state index in [1.54, 1.807) is 25.9 Å². The molecule has 0 spiro atoms. The zero-order chi connectivity index (χ0) is 16.4. The number of likely N-dealkylation sites (N-methyl/N-ethyl adjacent to an activating group) is 1. The second kappa shape index (κ2) is 6.26. The highest BCUT2D eigenvalue weighted by atomic mass is 16.2. The molecule has 7 heteroatoms. The summed E-state index contributed by atoms with van der Waals surface area (Å²) < 4.78 is 0. The van der Waals surface area contributed by atoms with E-state index < -0.39 is 0 Å². The Morgan fingerprint density at radius 1 is 1.24 bits per heavy atom. The third kappa shape index (κ3) is 4.04. The molecule has 7 nitrogen and oxygen atoms in total. The zero-order valence-electron chi connectivity index (χ0n) is 13.9. The summed E-state index contributed by atoms with van der Waals surface area (Å²) in [6.45, 7) is 9.73. The Balaban J connectivity index is 3.20. The zero-order valence-corrected chi connectivity index (χ0v) is 13.9. The summed E-state index contributed by atoms with van der Waals surface area (Å²) in [4.78, 5) is 22.5. The fourth-order valence-corrected chi connectivity index (χ4v) is 1.79. The van der Waals surface area contributed by atoms with Crippen LogP contribution in [0.15, 0.2) is 0 Å². The maximum absolute atomic E-state index is 12.0. The van der Waals surface area contributed by atoms with E-state index in [0.717, 1.165) is 5.56 Å². The van der Waals surface area contributed by atoms with Crippen LogP contribution in [0.25, 0.3) is 0 Å². The molecule has 0 radical (unpaired) electrons. The lowest BCUT2D eigenvalue weighted by atomic mass is 9.95. The van der Waals surface area contributed by atoms with Gasteiger partial charge in [-0.1, -0.05) is 20.8 Å². The molecule has 0 aliphatic carbocycles. The predicted molar refractivity (Wildman–Crippen MR) is 85.1 cm³/mol. The molecule has 0 aromatic carbocycles. The smallest absolute Gasteiger partial charge is 0.244 e.